The van der Waals surface area contributed by atoms with Crippen molar-refractivity contribution in [2.75, 3.05) is 12.4 Å². The second-order valence-electron chi connectivity index (χ2n) is 4.61. The minimum atomic E-state index is 0.387. The molecule has 92 valence electrons. The van der Waals surface area contributed by atoms with Gasteiger partial charge in [0.1, 0.15) is 16.0 Å². The van der Waals surface area contributed by atoms with Gasteiger partial charge in [-0.25, -0.2) is 9.97 Å². The van der Waals surface area contributed by atoms with E-state index >= 15 is 0 Å². The lowest BCUT2D eigenvalue weighted by Gasteiger charge is -2.08. The Morgan fingerprint density at radius 2 is 2.24 bits per heavy atom. The van der Waals surface area contributed by atoms with Crippen LogP contribution >= 0.6 is 23.4 Å². The summed E-state index contributed by atoms with van der Waals surface area (Å²) < 4.78 is 5.60. The number of aromatic nitrogens is 2. The second-order valence-corrected chi connectivity index (χ2v) is 6.03. The van der Waals surface area contributed by atoms with Crippen LogP contribution in [0, 0.1) is 0 Å². The number of rotatable bonds is 4. The fourth-order valence-corrected chi connectivity index (χ4v) is 3.19. The molecule has 17 heavy (non-hydrogen) atoms. The molecular formula is C12H15ClN2OS. The predicted molar refractivity (Wildman–Crippen MR) is 68.7 cm³/mol. The lowest BCUT2D eigenvalue weighted by atomic mass is 10.3. The minimum Gasteiger partial charge on any atom is -0.377 e. The van der Waals surface area contributed by atoms with E-state index in [0.717, 1.165) is 23.2 Å². The first-order chi connectivity index (χ1) is 8.31. The molecule has 0 spiro atoms. The van der Waals surface area contributed by atoms with Gasteiger partial charge in [-0.05, 0) is 25.7 Å². The van der Waals surface area contributed by atoms with Crippen LogP contribution in [0.1, 0.15) is 37.4 Å². The fraction of sp³-hybridized carbons (Fsp3) is 0.667. The Bertz CT molecular complexity index is 405. The van der Waals surface area contributed by atoms with Gasteiger partial charge >= 0.3 is 0 Å². The molecule has 1 atom stereocenters. The molecule has 3 rings (SSSR count). The highest BCUT2D eigenvalue weighted by Crippen LogP contribution is 2.39. The Morgan fingerprint density at radius 1 is 1.35 bits per heavy atom. The lowest BCUT2D eigenvalue weighted by molar-refractivity contribution is 0.129. The third kappa shape index (κ3) is 3.12. The number of hydrogen-bond donors (Lipinski definition) is 0. The minimum absolute atomic E-state index is 0.387. The van der Waals surface area contributed by atoms with Gasteiger partial charge in [-0.2, -0.15) is 0 Å². The summed E-state index contributed by atoms with van der Waals surface area (Å²) in [5.74, 6) is 2.44. The van der Waals surface area contributed by atoms with Crippen molar-refractivity contribution in [1.82, 2.24) is 9.97 Å². The standard InChI is InChI=1S/C12H15ClN2OS/c13-10-6-11(15-12(14-10)8-3-4-8)17-7-9-2-1-5-16-9/h6,8-9H,1-5,7H2. The van der Waals surface area contributed by atoms with Crippen molar-refractivity contribution < 1.29 is 4.74 Å². The third-order valence-electron chi connectivity index (χ3n) is 3.07. The molecule has 2 aliphatic rings. The van der Waals surface area contributed by atoms with Crippen LogP contribution in [0.15, 0.2) is 11.1 Å². The zero-order valence-electron chi connectivity index (χ0n) is 9.56. The highest BCUT2D eigenvalue weighted by Gasteiger charge is 2.27. The topological polar surface area (TPSA) is 35.0 Å². The molecule has 1 aliphatic heterocycles. The van der Waals surface area contributed by atoms with Gasteiger partial charge in [-0.15, -0.1) is 11.8 Å². The molecule has 0 radical (unpaired) electrons. The van der Waals surface area contributed by atoms with E-state index in [1.807, 2.05) is 6.07 Å². The molecule has 5 heteroatoms. The first-order valence-electron chi connectivity index (χ1n) is 6.10. The predicted octanol–water partition coefficient (Wildman–Crippen LogP) is 3.28. The summed E-state index contributed by atoms with van der Waals surface area (Å²) in [6, 6.07) is 1.85. The molecule has 0 N–H and O–H groups in total. The van der Waals surface area contributed by atoms with Gasteiger partial charge in [0, 0.05) is 24.3 Å². The van der Waals surface area contributed by atoms with E-state index < -0.39 is 0 Å². The van der Waals surface area contributed by atoms with Crippen LogP contribution in [0.2, 0.25) is 5.15 Å². The van der Waals surface area contributed by atoms with Gasteiger partial charge < -0.3 is 4.74 Å². The zero-order valence-corrected chi connectivity index (χ0v) is 11.1. The van der Waals surface area contributed by atoms with Gasteiger partial charge in [0.05, 0.1) is 6.10 Å². The van der Waals surface area contributed by atoms with E-state index in [4.69, 9.17) is 16.3 Å². The van der Waals surface area contributed by atoms with Gasteiger partial charge in [-0.1, -0.05) is 11.6 Å². The maximum atomic E-state index is 6.02. The summed E-state index contributed by atoms with van der Waals surface area (Å²) in [7, 11) is 0. The molecule has 3 nitrogen and oxygen atoms in total. The first-order valence-corrected chi connectivity index (χ1v) is 7.46. The van der Waals surface area contributed by atoms with Crippen LogP contribution in [-0.2, 0) is 4.74 Å². The number of ether oxygens (including phenoxy) is 1. The van der Waals surface area contributed by atoms with Crippen molar-refractivity contribution >= 4 is 23.4 Å². The summed E-state index contributed by atoms with van der Waals surface area (Å²) in [6.07, 6.45) is 5.15. The molecule has 1 aromatic rings. The summed E-state index contributed by atoms with van der Waals surface area (Å²) in [5, 5.41) is 1.55. The van der Waals surface area contributed by atoms with Crippen molar-refractivity contribution in [3.63, 3.8) is 0 Å². The lowest BCUT2D eigenvalue weighted by Crippen LogP contribution is -2.08. The number of hydrogen-bond acceptors (Lipinski definition) is 4. The Morgan fingerprint density at radius 3 is 2.94 bits per heavy atom. The van der Waals surface area contributed by atoms with Crippen LogP contribution in [0.25, 0.3) is 0 Å². The third-order valence-corrected chi connectivity index (χ3v) is 4.31. The van der Waals surface area contributed by atoms with Crippen LogP contribution in [0.5, 0.6) is 0 Å². The quantitative estimate of drug-likeness (QED) is 0.621. The van der Waals surface area contributed by atoms with Gasteiger partial charge in [0.15, 0.2) is 0 Å². The van der Waals surface area contributed by atoms with Crippen LogP contribution < -0.4 is 0 Å². The van der Waals surface area contributed by atoms with Crippen LogP contribution in [-0.4, -0.2) is 28.4 Å². The maximum absolute atomic E-state index is 6.02. The number of nitrogens with zero attached hydrogens (tertiary/aromatic N) is 2. The molecule has 0 amide bonds. The van der Waals surface area contributed by atoms with Crippen molar-refractivity contribution in [2.24, 2.45) is 0 Å². The Hall–Kier alpha value is -0.320. The molecule has 0 aromatic carbocycles. The molecule has 1 aromatic heterocycles. The van der Waals surface area contributed by atoms with E-state index in [0.29, 0.717) is 17.2 Å². The monoisotopic (exact) mass is 270 g/mol. The molecule has 1 saturated heterocycles. The van der Waals surface area contributed by atoms with Gasteiger partial charge in [-0.3, -0.25) is 0 Å². The SMILES string of the molecule is Clc1cc(SCC2CCCO2)nc(C2CC2)n1. The van der Waals surface area contributed by atoms with Gasteiger partial charge in [0.25, 0.3) is 0 Å². The van der Waals surface area contributed by atoms with Crippen molar-refractivity contribution in [2.45, 2.75) is 42.7 Å². The molecule has 0 bridgehead atoms. The highest BCUT2D eigenvalue weighted by molar-refractivity contribution is 7.99. The highest BCUT2D eigenvalue weighted by atomic mass is 35.5. The molecule has 1 saturated carbocycles. The van der Waals surface area contributed by atoms with E-state index in [2.05, 4.69) is 9.97 Å². The first kappa shape index (κ1) is 11.8. The van der Waals surface area contributed by atoms with Crippen LogP contribution in [0.4, 0.5) is 0 Å². The average molecular weight is 271 g/mol. The number of halogens is 1. The van der Waals surface area contributed by atoms with Crippen molar-refractivity contribution in [3.05, 3.63) is 17.0 Å². The smallest absolute Gasteiger partial charge is 0.134 e. The van der Waals surface area contributed by atoms with Gasteiger partial charge in [0.2, 0.25) is 0 Å². The van der Waals surface area contributed by atoms with E-state index in [1.165, 1.54) is 25.7 Å². The second kappa shape index (κ2) is 5.12. The van der Waals surface area contributed by atoms with E-state index in [1.54, 1.807) is 11.8 Å². The summed E-state index contributed by atoms with van der Waals surface area (Å²) in [6.45, 7) is 0.906. The molecule has 2 fully saturated rings. The Labute approximate surface area is 110 Å². The Kier molecular flexibility index (Phi) is 3.54. The summed E-state index contributed by atoms with van der Waals surface area (Å²) >= 11 is 7.75. The number of thioether (sulfide) groups is 1. The van der Waals surface area contributed by atoms with Crippen molar-refractivity contribution in [3.8, 4) is 0 Å². The Balaban J connectivity index is 1.64. The van der Waals surface area contributed by atoms with Crippen molar-refractivity contribution in [1.29, 1.82) is 0 Å². The van der Waals surface area contributed by atoms with Crippen LogP contribution in [0.3, 0.4) is 0 Å². The fourth-order valence-electron chi connectivity index (χ4n) is 1.97. The average Bonchev–Trinajstić information content (AvgIpc) is 3.04. The van der Waals surface area contributed by atoms with E-state index in [-0.39, 0.29) is 0 Å². The normalized spacial score (nSPS) is 24.2. The zero-order chi connectivity index (χ0) is 11.7. The summed E-state index contributed by atoms with van der Waals surface area (Å²) in [5.41, 5.74) is 0. The largest absolute Gasteiger partial charge is 0.377 e. The molecular weight excluding hydrogens is 256 g/mol. The molecule has 1 unspecified atom stereocenters. The molecule has 1 aliphatic carbocycles. The maximum Gasteiger partial charge on any atom is 0.134 e. The van der Waals surface area contributed by atoms with E-state index in [9.17, 15) is 0 Å². The summed E-state index contributed by atoms with van der Waals surface area (Å²) in [4.78, 5) is 8.85. The molecule has 2 heterocycles.